The van der Waals surface area contributed by atoms with Gasteiger partial charge in [0.25, 0.3) is 0 Å². The van der Waals surface area contributed by atoms with Crippen molar-refractivity contribution in [2.45, 2.75) is 0 Å². The SMILES string of the molecule is COC=C(C(=O)OC)c1ccccc1Oc1cc(Oc2c(F)cccc2F)ncn1. The highest BCUT2D eigenvalue weighted by molar-refractivity contribution is 6.17. The van der Waals surface area contributed by atoms with Crippen LogP contribution in [0.15, 0.2) is 61.1 Å². The molecule has 0 aliphatic rings. The molecular formula is C21H16F2N2O5. The maximum atomic E-state index is 13.8. The van der Waals surface area contributed by atoms with E-state index in [2.05, 4.69) is 9.97 Å². The lowest BCUT2D eigenvalue weighted by atomic mass is 10.1. The van der Waals surface area contributed by atoms with E-state index in [4.69, 9.17) is 18.9 Å². The Hall–Kier alpha value is -4.01. The molecule has 0 atom stereocenters. The van der Waals surface area contributed by atoms with Crippen molar-refractivity contribution >= 4 is 11.5 Å². The molecule has 0 spiro atoms. The van der Waals surface area contributed by atoms with Crippen LogP contribution in [-0.2, 0) is 14.3 Å². The molecule has 3 aromatic rings. The monoisotopic (exact) mass is 414 g/mol. The van der Waals surface area contributed by atoms with E-state index in [1.807, 2.05) is 0 Å². The Morgan fingerprint density at radius 1 is 0.933 bits per heavy atom. The first-order valence-corrected chi connectivity index (χ1v) is 8.56. The van der Waals surface area contributed by atoms with Gasteiger partial charge < -0.3 is 18.9 Å². The molecule has 0 bridgehead atoms. The second-order valence-corrected chi connectivity index (χ2v) is 5.70. The van der Waals surface area contributed by atoms with Gasteiger partial charge in [-0.2, -0.15) is 0 Å². The van der Waals surface area contributed by atoms with E-state index in [9.17, 15) is 13.6 Å². The van der Waals surface area contributed by atoms with Crippen LogP contribution in [0.2, 0.25) is 0 Å². The highest BCUT2D eigenvalue weighted by Gasteiger charge is 2.19. The predicted octanol–water partition coefficient (Wildman–Crippen LogP) is 4.50. The number of benzene rings is 2. The zero-order valence-electron chi connectivity index (χ0n) is 16.0. The first kappa shape index (κ1) is 20.7. The van der Waals surface area contributed by atoms with Crippen LogP contribution < -0.4 is 9.47 Å². The number of rotatable bonds is 7. The third kappa shape index (κ3) is 4.69. The van der Waals surface area contributed by atoms with E-state index in [0.29, 0.717) is 5.56 Å². The largest absolute Gasteiger partial charge is 0.503 e. The average molecular weight is 414 g/mol. The molecule has 2 aromatic carbocycles. The van der Waals surface area contributed by atoms with Gasteiger partial charge in [-0.3, -0.25) is 0 Å². The van der Waals surface area contributed by atoms with Gasteiger partial charge in [0.1, 0.15) is 17.6 Å². The van der Waals surface area contributed by atoms with E-state index in [0.717, 1.165) is 18.5 Å². The number of hydrogen-bond acceptors (Lipinski definition) is 7. The van der Waals surface area contributed by atoms with Gasteiger partial charge in [0.15, 0.2) is 11.6 Å². The van der Waals surface area contributed by atoms with Crippen LogP contribution in [0.1, 0.15) is 5.56 Å². The minimum Gasteiger partial charge on any atom is -0.503 e. The number of ether oxygens (including phenoxy) is 4. The summed E-state index contributed by atoms with van der Waals surface area (Å²) >= 11 is 0. The summed E-state index contributed by atoms with van der Waals surface area (Å²) in [7, 11) is 2.63. The molecule has 154 valence electrons. The van der Waals surface area contributed by atoms with Crippen molar-refractivity contribution in [2.75, 3.05) is 14.2 Å². The number of hydrogen-bond donors (Lipinski definition) is 0. The third-order valence-electron chi connectivity index (χ3n) is 3.78. The Morgan fingerprint density at radius 3 is 2.27 bits per heavy atom. The molecule has 9 heteroatoms. The summed E-state index contributed by atoms with van der Waals surface area (Å²) in [5.41, 5.74) is 0.502. The quantitative estimate of drug-likeness (QED) is 0.320. The molecule has 0 unspecified atom stereocenters. The Labute approximate surface area is 170 Å². The maximum absolute atomic E-state index is 13.8. The van der Waals surface area contributed by atoms with Gasteiger partial charge >= 0.3 is 5.97 Å². The van der Waals surface area contributed by atoms with Crippen molar-refractivity contribution in [1.29, 1.82) is 0 Å². The lowest BCUT2D eigenvalue weighted by molar-refractivity contribution is -0.133. The number of esters is 1. The first-order valence-electron chi connectivity index (χ1n) is 8.56. The minimum absolute atomic E-state index is 0.0193. The fourth-order valence-corrected chi connectivity index (χ4v) is 2.46. The van der Waals surface area contributed by atoms with E-state index in [1.54, 1.807) is 24.3 Å². The molecule has 1 heterocycles. The van der Waals surface area contributed by atoms with Gasteiger partial charge in [-0.1, -0.05) is 24.3 Å². The summed E-state index contributed by atoms with van der Waals surface area (Å²) in [6, 6.07) is 11.2. The summed E-state index contributed by atoms with van der Waals surface area (Å²) < 4.78 is 48.3. The van der Waals surface area contributed by atoms with E-state index in [-0.39, 0.29) is 23.1 Å². The van der Waals surface area contributed by atoms with E-state index < -0.39 is 23.4 Å². The lowest BCUT2D eigenvalue weighted by Crippen LogP contribution is -2.06. The van der Waals surface area contributed by atoms with Crippen LogP contribution in [-0.4, -0.2) is 30.2 Å². The number of carbonyl (C=O) groups is 1. The molecule has 0 amide bonds. The molecule has 0 saturated heterocycles. The van der Waals surface area contributed by atoms with Crippen LogP contribution >= 0.6 is 0 Å². The van der Waals surface area contributed by atoms with E-state index in [1.165, 1.54) is 32.6 Å². The fourth-order valence-electron chi connectivity index (χ4n) is 2.46. The Bertz CT molecular complexity index is 1070. The van der Waals surface area contributed by atoms with Crippen LogP contribution in [0.5, 0.6) is 23.3 Å². The van der Waals surface area contributed by atoms with Crippen molar-refractivity contribution < 1.29 is 32.5 Å². The van der Waals surface area contributed by atoms with Gasteiger partial charge in [-0.25, -0.2) is 23.5 Å². The predicted molar refractivity (Wildman–Crippen MR) is 102 cm³/mol. The molecule has 1 aromatic heterocycles. The molecule has 0 fully saturated rings. The maximum Gasteiger partial charge on any atom is 0.341 e. The summed E-state index contributed by atoms with van der Waals surface area (Å²) in [6.45, 7) is 0. The van der Waals surface area contributed by atoms with Crippen LogP contribution in [0.25, 0.3) is 5.57 Å². The Morgan fingerprint density at radius 2 is 1.60 bits per heavy atom. The number of aromatic nitrogens is 2. The van der Waals surface area contributed by atoms with Gasteiger partial charge in [0.2, 0.25) is 17.5 Å². The van der Waals surface area contributed by atoms with Crippen molar-refractivity contribution in [3.63, 3.8) is 0 Å². The molecule has 0 radical (unpaired) electrons. The third-order valence-corrected chi connectivity index (χ3v) is 3.78. The normalized spacial score (nSPS) is 11.0. The minimum atomic E-state index is -0.881. The zero-order valence-corrected chi connectivity index (χ0v) is 16.0. The van der Waals surface area contributed by atoms with Crippen molar-refractivity contribution in [3.05, 3.63) is 78.3 Å². The number of para-hydroxylation sites is 2. The van der Waals surface area contributed by atoms with Crippen LogP contribution in [0.4, 0.5) is 8.78 Å². The Kier molecular flexibility index (Phi) is 6.53. The van der Waals surface area contributed by atoms with Crippen LogP contribution in [0.3, 0.4) is 0 Å². The molecule has 0 aliphatic heterocycles. The summed E-state index contributed by atoms with van der Waals surface area (Å²) in [6.07, 6.45) is 2.34. The molecular weight excluding hydrogens is 398 g/mol. The lowest BCUT2D eigenvalue weighted by Gasteiger charge is -2.12. The van der Waals surface area contributed by atoms with Gasteiger partial charge in [-0.15, -0.1) is 0 Å². The smallest absolute Gasteiger partial charge is 0.341 e. The number of nitrogens with zero attached hydrogens (tertiary/aromatic N) is 2. The second kappa shape index (κ2) is 9.46. The molecule has 0 saturated carbocycles. The molecule has 7 nitrogen and oxygen atoms in total. The highest BCUT2D eigenvalue weighted by Crippen LogP contribution is 2.32. The highest BCUT2D eigenvalue weighted by atomic mass is 19.1. The summed E-state index contributed by atoms with van der Waals surface area (Å²) in [5, 5.41) is 0. The Balaban J connectivity index is 1.91. The fraction of sp³-hybridized carbons (Fsp3) is 0.0952. The molecule has 0 aliphatic carbocycles. The van der Waals surface area contributed by atoms with Gasteiger partial charge in [0, 0.05) is 5.56 Å². The van der Waals surface area contributed by atoms with Crippen molar-refractivity contribution in [1.82, 2.24) is 9.97 Å². The number of carbonyl (C=O) groups excluding carboxylic acids is 1. The topological polar surface area (TPSA) is 79.8 Å². The molecule has 3 rings (SSSR count). The second-order valence-electron chi connectivity index (χ2n) is 5.70. The van der Waals surface area contributed by atoms with E-state index >= 15 is 0 Å². The van der Waals surface area contributed by atoms with Crippen LogP contribution in [0, 0.1) is 11.6 Å². The zero-order chi connectivity index (χ0) is 21.5. The van der Waals surface area contributed by atoms with Gasteiger partial charge in [0.05, 0.1) is 26.5 Å². The summed E-state index contributed by atoms with van der Waals surface area (Å²) in [4.78, 5) is 19.9. The number of methoxy groups -OCH3 is 2. The molecule has 30 heavy (non-hydrogen) atoms. The summed E-state index contributed by atoms with van der Waals surface area (Å²) in [5.74, 6) is -2.85. The van der Waals surface area contributed by atoms with Crippen molar-refractivity contribution in [2.24, 2.45) is 0 Å². The number of halogens is 2. The standard InChI is InChI=1S/C21H16F2N2O5/c1-27-11-14(21(26)28-2)13-6-3-4-9-17(13)29-18-10-19(25-12-24-18)30-20-15(22)7-5-8-16(20)23/h3-12H,1-2H3. The van der Waals surface area contributed by atoms with Gasteiger partial charge in [-0.05, 0) is 18.2 Å². The first-order chi connectivity index (χ1) is 14.5. The van der Waals surface area contributed by atoms with Crippen molar-refractivity contribution in [3.8, 4) is 23.3 Å². The average Bonchev–Trinajstić information content (AvgIpc) is 2.75. The molecule has 0 N–H and O–H groups in total.